The topological polar surface area (TPSA) is 96.1 Å². The quantitative estimate of drug-likeness (QED) is 0.457. The Hall–Kier alpha value is -3.32. The molecule has 1 fully saturated rings. The van der Waals surface area contributed by atoms with Crippen molar-refractivity contribution in [1.82, 2.24) is 4.57 Å². The van der Waals surface area contributed by atoms with Crippen LogP contribution in [0, 0.1) is 0 Å². The van der Waals surface area contributed by atoms with E-state index in [9.17, 15) is 9.59 Å². The predicted octanol–water partition coefficient (Wildman–Crippen LogP) is 2.73. The van der Waals surface area contributed by atoms with Crippen molar-refractivity contribution in [2.24, 2.45) is 5.73 Å². The Morgan fingerprint density at radius 3 is 2.53 bits per heavy atom. The van der Waals surface area contributed by atoms with Gasteiger partial charge >= 0.3 is 5.97 Å². The fourth-order valence-corrected chi connectivity index (χ4v) is 3.95. The highest BCUT2D eigenvalue weighted by atomic mass is 16.6. The number of carbonyl (C=O) groups is 2. The van der Waals surface area contributed by atoms with Gasteiger partial charge < -0.3 is 24.5 Å². The molecule has 0 saturated carbocycles. The summed E-state index contributed by atoms with van der Waals surface area (Å²) in [4.78, 5) is 23.3. The summed E-state index contributed by atoms with van der Waals surface area (Å²) in [6.45, 7) is 2.52. The molecule has 1 aliphatic rings. The van der Waals surface area contributed by atoms with Gasteiger partial charge in [-0.2, -0.15) is 0 Å². The lowest BCUT2D eigenvalue weighted by molar-refractivity contribution is -0.142. The molecule has 0 radical (unpaired) electrons. The molecule has 156 valence electrons. The van der Waals surface area contributed by atoms with Crippen molar-refractivity contribution >= 4 is 22.8 Å². The number of hydrogen-bond acceptors (Lipinski definition) is 5. The fourth-order valence-electron chi connectivity index (χ4n) is 3.95. The molecule has 1 aromatic heterocycles. The highest BCUT2D eigenvalue weighted by Crippen LogP contribution is 2.47. The van der Waals surface area contributed by atoms with Gasteiger partial charge in [-0.15, -0.1) is 0 Å². The SMILES string of the molecule is CCc1c(C2OC2C(N)=O)c2c(OCC(=O)OC)cccc2n1Cc1ccccc1. The first kappa shape index (κ1) is 20.0. The highest BCUT2D eigenvalue weighted by Gasteiger charge is 2.48. The third-order valence-corrected chi connectivity index (χ3v) is 5.35. The Morgan fingerprint density at radius 1 is 1.13 bits per heavy atom. The predicted molar refractivity (Wildman–Crippen MR) is 111 cm³/mol. The van der Waals surface area contributed by atoms with E-state index in [2.05, 4.69) is 23.6 Å². The summed E-state index contributed by atoms with van der Waals surface area (Å²) < 4.78 is 18.3. The first-order chi connectivity index (χ1) is 14.5. The van der Waals surface area contributed by atoms with E-state index in [1.54, 1.807) is 0 Å². The number of ether oxygens (including phenoxy) is 3. The van der Waals surface area contributed by atoms with Crippen LogP contribution in [0.3, 0.4) is 0 Å². The van der Waals surface area contributed by atoms with Crippen molar-refractivity contribution in [3.63, 3.8) is 0 Å². The van der Waals surface area contributed by atoms with Crippen LogP contribution in [0.4, 0.5) is 0 Å². The van der Waals surface area contributed by atoms with E-state index in [0.717, 1.165) is 34.1 Å². The van der Waals surface area contributed by atoms with Crippen LogP contribution in [0.2, 0.25) is 0 Å². The third-order valence-electron chi connectivity index (χ3n) is 5.35. The monoisotopic (exact) mass is 408 g/mol. The average Bonchev–Trinajstić information content (AvgIpc) is 3.50. The molecule has 0 aliphatic carbocycles. The Bertz CT molecular complexity index is 1090. The lowest BCUT2D eigenvalue weighted by Crippen LogP contribution is -2.18. The molecule has 7 heteroatoms. The summed E-state index contributed by atoms with van der Waals surface area (Å²) in [5, 5.41) is 0.836. The zero-order valence-electron chi connectivity index (χ0n) is 17.0. The summed E-state index contributed by atoms with van der Waals surface area (Å²) in [6.07, 6.45) is -0.335. The standard InChI is InChI=1S/C23H24N2O5/c1-3-15-20(21-22(30-21)23(24)27)19-16(25(15)12-14-8-5-4-6-9-14)10-7-11-17(19)29-13-18(26)28-2/h4-11,21-22H,3,12-13H2,1-2H3,(H2,24,27). The fraction of sp³-hybridized carbons (Fsp3) is 0.304. The maximum absolute atomic E-state index is 11.7. The lowest BCUT2D eigenvalue weighted by Gasteiger charge is -2.11. The van der Waals surface area contributed by atoms with Crippen LogP contribution in [-0.4, -0.2) is 36.3 Å². The van der Waals surface area contributed by atoms with Gasteiger partial charge in [0.25, 0.3) is 0 Å². The summed E-state index contributed by atoms with van der Waals surface area (Å²) in [7, 11) is 1.32. The van der Waals surface area contributed by atoms with Gasteiger partial charge in [0, 0.05) is 23.2 Å². The van der Waals surface area contributed by atoms with E-state index < -0.39 is 24.1 Å². The van der Waals surface area contributed by atoms with E-state index in [-0.39, 0.29) is 6.61 Å². The number of methoxy groups -OCH3 is 1. The second-order valence-electron chi connectivity index (χ2n) is 7.18. The Labute approximate surface area is 174 Å². The van der Waals surface area contributed by atoms with Crippen molar-refractivity contribution in [1.29, 1.82) is 0 Å². The number of nitrogens with zero attached hydrogens (tertiary/aromatic N) is 1. The number of esters is 1. The number of aromatic nitrogens is 1. The van der Waals surface area contributed by atoms with Crippen molar-refractivity contribution in [2.45, 2.75) is 32.1 Å². The van der Waals surface area contributed by atoms with Gasteiger partial charge in [-0.3, -0.25) is 4.79 Å². The molecular weight excluding hydrogens is 384 g/mol. The largest absolute Gasteiger partial charge is 0.481 e. The summed E-state index contributed by atoms with van der Waals surface area (Å²) in [5.41, 5.74) is 9.53. The molecule has 0 spiro atoms. The van der Waals surface area contributed by atoms with E-state index in [1.165, 1.54) is 7.11 Å². The van der Waals surface area contributed by atoms with E-state index in [4.69, 9.17) is 19.9 Å². The van der Waals surface area contributed by atoms with Crippen LogP contribution in [-0.2, 0) is 32.0 Å². The maximum atomic E-state index is 11.7. The Morgan fingerprint density at radius 2 is 1.90 bits per heavy atom. The van der Waals surface area contributed by atoms with Gasteiger partial charge in [0.2, 0.25) is 5.91 Å². The van der Waals surface area contributed by atoms with Gasteiger partial charge in [0.1, 0.15) is 11.9 Å². The third kappa shape index (κ3) is 3.64. The van der Waals surface area contributed by atoms with Gasteiger partial charge in [-0.05, 0) is 24.1 Å². The maximum Gasteiger partial charge on any atom is 0.343 e. The molecule has 30 heavy (non-hydrogen) atoms. The molecular formula is C23H24N2O5. The number of hydrogen-bond donors (Lipinski definition) is 1. The highest BCUT2D eigenvalue weighted by molar-refractivity contribution is 5.94. The average molecular weight is 408 g/mol. The van der Waals surface area contributed by atoms with Crippen LogP contribution < -0.4 is 10.5 Å². The summed E-state index contributed by atoms with van der Waals surface area (Å²) >= 11 is 0. The smallest absolute Gasteiger partial charge is 0.343 e. The van der Waals surface area contributed by atoms with Crippen molar-refractivity contribution in [2.75, 3.05) is 13.7 Å². The number of epoxide rings is 1. The van der Waals surface area contributed by atoms with E-state index in [0.29, 0.717) is 12.3 Å². The molecule has 2 N–H and O–H groups in total. The first-order valence-electron chi connectivity index (χ1n) is 9.87. The minimum atomic E-state index is -0.653. The molecule has 2 unspecified atom stereocenters. The second-order valence-corrected chi connectivity index (χ2v) is 7.18. The molecule has 3 aromatic rings. The molecule has 2 aromatic carbocycles. The van der Waals surface area contributed by atoms with Crippen LogP contribution >= 0.6 is 0 Å². The first-order valence-corrected chi connectivity index (χ1v) is 9.87. The zero-order chi connectivity index (χ0) is 21.3. The minimum Gasteiger partial charge on any atom is -0.481 e. The van der Waals surface area contributed by atoms with Crippen LogP contribution in [0.5, 0.6) is 5.75 Å². The molecule has 1 aliphatic heterocycles. The molecule has 2 heterocycles. The van der Waals surface area contributed by atoms with Crippen LogP contribution in [0.25, 0.3) is 10.9 Å². The Balaban J connectivity index is 1.86. The summed E-state index contributed by atoms with van der Waals surface area (Å²) in [6, 6.07) is 15.8. The molecule has 1 saturated heterocycles. The minimum absolute atomic E-state index is 0.203. The lowest BCUT2D eigenvalue weighted by atomic mass is 10.0. The van der Waals surface area contributed by atoms with Gasteiger partial charge in [-0.1, -0.05) is 43.3 Å². The van der Waals surface area contributed by atoms with E-state index >= 15 is 0 Å². The normalized spacial score (nSPS) is 17.7. The number of benzene rings is 2. The molecule has 1 amide bonds. The molecule has 2 atom stereocenters. The molecule has 0 bridgehead atoms. The number of primary amides is 1. The number of rotatable bonds is 8. The van der Waals surface area contributed by atoms with Gasteiger partial charge in [0.05, 0.1) is 12.6 Å². The van der Waals surface area contributed by atoms with Gasteiger partial charge in [-0.25, -0.2) is 4.79 Å². The van der Waals surface area contributed by atoms with Crippen molar-refractivity contribution in [3.05, 3.63) is 65.4 Å². The second kappa shape index (κ2) is 8.20. The van der Waals surface area contributed by atoms with Crippen molar-refractivity contribution in [3.8, 4) is 5.75 Å². The van der Waals surface area contributed by atoms with Gasteiger partial charge in [0.15, 0.2) is 12.7 Å². The number of fused-ring (bicyclic) bond motifs is 1. The molecule has 7 nitrogen and oxygen atoms in total. The van der Waals surface area contributed by atoms with Crippen LogP contribution in [0.1, 0.15) is 29.8 Å². The summed E-state index contributed by atoms with van der Waals surface area (Å²) in [5.74, 6) is -0.405. The molecule has 4 rings (SSSR count). The Kier molecular flexibility index (Phi) is 5.46. The number of nitrogens with two attached hydrogens (primary N) is 1. The number of carbonyl (C=O) groups excluding carboxylic acids is 2. The number of amides is 1. The van der Waals surface area contributed by atoms with E-state index in [1.807, 2.05) is 36.4 Å². The van der Waals surface area contributed by atoms with Crippen LogP contribution in [0.15, 0.2) is 48.5 Å². The zero-order valence-corrected chi connectivity index (χ0v) is 17.0. The van der Waals surface area contributed by atoms with Crippen molar-refractivity contribution < 1.29 is 23.8 Å².